The molecule has 0 aliphatic carbocycles. The Bertz CT molecular complexity index is 264. The molecule has 1 aliphatic heterocycles. The first-order valence-electron chi connectivity index (χ1n) is 4.90. The van der Waals surface area contributed by atoms with Crippen LogP contribution < -0.4 is 34.7 Å². The van der Waals surface area contributed by atoms with E-state index in [0.717, 1.165) is 0 Å². The van der Waals surface area contributed by atoms with Crippen molar-refractivity contribution in [3.8, 4) is 0 Å². The van der Waals surface area contributed by atoms with Gasteiger partial charge >= 0.3 is 29.6 Å². The van der Waals surface area contributed by atoms with Gasteiger partial charge in [0.2, 0.25) is 0 Å². The fourth-order valence-corrected chi connectivity index (χ4v) is 2.47. The number of carboxylic acids is 1. The number of carbonyl (C=O) groups excluding carboxylic acids is 1. The first-order valence-corrected chi connectivity index (χ1v) is 5.85. The Kier molecular flexibility index (Phi) is 7.58. The first-order chi connectivity index (χ1) is 7.34. The average molecular weight is 274 g/mol. The van der Waals surface area contributed by atoms with Crippen LogP contribution in [0.15, 0.2) is 0 Å². The Labute approximate surface area is 126 Å². The van der Waals surface area contributed by atoms with Crippen molar-refractivity contribution >= 4 is 17.7 Å². The zero-order valence-electron chi connectivity index (χ0n) is 9.94. The van der Waals surface area contributed by atoms with Gasteiger partial charge < -0.3 is 30.0 Å². The second-order valence-electron chi connectivity index (χ2n) is 3.90. The van der Waals surface area contributed by atoms with E-state index in [9.17, 15) is 25.2 Å². The van der Waals surface area contributed by atoms with Gasteiger partial charge in [-0.15, -0.1) is 11.8 Å². The Hall–Kier alpha value is 0.660. The van der Waals surface area contributed by atoms with E-state index in [2.05, 4.69) is 0 Å². The third-order valence-corrected chi connectivity index (χ3v) is 3.41. The topological polar surface area (TPSA) is 110 Å². The van der Waals surface area contributed by atoms with Crippen molar-refractivity contribution in [3.63, 3.8) is 0 Å². The summed E-state index contributed by atoms with van der Waals surface area (Å²) in [7, 11) is 0. The molecule has 8 heteroatoms. The molecule has 17 heavy (non-hydrogen) atoms. The van der Waals surface area contributed by atoms with E-state index in [1.54, 1.807) is 0 Å². The Morgan fingerprint density at radius 3 is 2.18 bits per heavy atom. The molecule has 0 saturated carbocycles. The van der Waals surface area contributed by atoms with Crippen LogP contribution in [0.5, 0.6) is 0 Å². The molecule has 6 nitrogen and oxygen atoms in total. The summed E-state index contributed by atoms with van der Waals surface area (Å²) in [5.41, 5.74) is -0.888. The fraction of sp³-hybridized carbons (Fsp3) is 0.889. The van der Waals surface area contributed by atoms with Crippen LogP contribution in [0, 0.1) is 0 Å². The predicted octanol–water partition coefficient (Wildman–Crippen LogP) is -5.31. The number of aliphatic hydroxyl groups is 3. The van der Waals surface area contributed by atoms with Gasteiger partial charge in [-0.1, -0.05) is 13.8 Å². The molecule has 1 rings (SSSR count). The van der Waals surface area contributed by atoms with E-state index in [0.29, 0.717) is 0 Å². The second kappa shape index (κ2) is 7.30. The smallest absolute Gasteiger partial charge is 0.547 e. The van der Waals surface area contributed by atoms with Gasteiger partial charge in [0, 0.05) is 5.25 Å². The van der Waals surface area contributed by atoms with Crippen LogP contribution in [0.25, 0.3) is 0 Å². The molecule has 0 aromatic rings. The molecule has 0 radical (unpaired) electrons. The maximum absolute atomic E-state index is 10.7. The van der Waals surface area contributed by atoms with Crippen molar-refractivity contribution in [1.29, 1.82) is 0 Å². The molecule has 94 valence electrons. The molecule has 0 spiro atoms. The van der Waals surface area contributed by atoms with Crippen LogP contribution >= 0.6 is 11.8 Å². The third-order valence-electron chi connectivity index (χ3n) is 2.21. The zero-order valence-corrected chi connectivity index (χ0v) is 12.8. The predicted molar refractivity (Wildman–Crippen MR) is 54.4 cm³/mol. The maximum atomic E-state index is 10.7. The number of carbonyl (C=O) groups is 1. The molecule has 0 amide bonds. The molecule has 3 N–H and O–H groups in total. The van der Waals surface area contributed by atoms with Gasteiger partial charge in [0.1, 0.15) is 29.9 Å². The second-order valence-corrected chi connectivity index (χ2v) is 5.58. The van der Waals surface area contributed by atoms with Crippen LogP contribution in [0.2, 0.25) is 0 Å². The minimum atomic E-state index is -1.68. The van der Waals surface area contributed by atoms with Crippen LogP contribution in [0.1, 0.15) is 13.8 Å². The molecule has 0 bridgehead atoms. The van der Waals surface area contributed by atoms with Crippen molar-refractivity contribution in [2.45, 2.75) is 48.9 Å². The SMILES string of the molecule is CC(C)SC1O[C@H](C(=O)[O-])[C@@H](O)[C@H](O)[C@H]1O.[Na+]. The largest absolute Gasteiger partial charge is 1.00 e. The minimum absolute atomic E-state index is 0. The first kappa shape index (κ1) is 17.7. The number of hydrogen-bond donors (Lipinski definition) is 3. The Balaban J connectivity index is 0.00000256. The van der Waals surface area contributed by atoms with Crippen molar-refractivity contribution < 1.29 is 59.5 Å². The maximum Gasteiger partial charge on any atom is 1.00 e. The Morgan fingerprint density at radius 2 is 1.76 bits per heavy atom. The summed E-state index contributed by atoms with van der Waals surface area (Å²) in [5.74, 6) is -1.60. The number of hydrogen-bond acceptors (Lipinski definition) is 7. The summed E-state index contributed by atoms with van der Waals surface area (Å²) in [6.07, 6.45) is -6.16. The fourth-order valence-electron chi connectivity index (χ4n) is 1.42. The van der Waals surface area contributed by atoms with Gasteiger partial charge in [-0.05, 0) is 0 Å². The summed E-state index contributed by atoms with van der Waals surface area (Å²) >= 11 is 1.18. The van der Waals surface area contributed by atoms with Crippen LogP contribution in [0.4, 0.5) is 0 Å². The number of rotatable bonds is 3. The van der Waals surface area contributed by atoms with Gasteiger partial charge in [-0.25, -0.2) is 0 Å². The van der Waals surface area contributed by atoms with E-state index < -0.39 is 35.8 Å². The summed E-state index contributed by atoms with van der Waals surface area (Å²) in [4.78, 5) is 10.7. The number of aliphatic carboxylic acids is 1. The van der Waals surface area contributed by atoms with E-state index in [1.165, 1.54) is 11.8 Å². The van der Waals surface area contributed by atoms with Crippen LogP contribution in [0.3, 0.4) is 0 Å². The monoisotopic (exact) mass is 274 g/mol. The van der Waals surface area contributed by atoms with E-state index in [4.69, 9.17) is 4.74 Å². The van der Waals surface area contributed by atoms with E-state index >= 15 is 0 Å². The van der Waals surface area contributed by atoms with Crippen LogP contribution in [-0.2, 0) is 9.53 Å². The van der Waals surface area contributed by atoms with Gasteiger partial charge in [0.15, 0.2) is 0 Å². The summed E-state index contributed by atoms with van der Waals surface area (Å²) in [5, 5.41) is 39.2. The van der Waals surface area contributed by atoms with Gasteiger partial charge in [0.05, 0.1) is 5.97 Å². The molecule has 0 aromatic heterocycles. The molecule has 1 aliphatic rings. The van der Waals surface area contributed by atoms with Gasteiger partial charge in [0.25, 0.3) is 0 Å². The zero-order chi connectivity index (χ0) is 12.5. The van der Waals surface area contributed by atoms with Crippen molar-refractivity contribution in [2.75, 3.05) is 0 Å². The Morgan fingerprint density at radius 1 is 1.24 bits per heavy atom. The molecular weight excluding hydrogens is 259 g/mol. The molecule has 1 unspecified atom stereocenters. The number of carboxylic acid groups (broad SMARTS) is 1. The normalized spacial score (nSPS) is 37.6. The number of thioether (sulfide) groups is 1. The van der Waals surface area contributed by atoms with Crippen molar-refractivity contribution in [2.24, 2.45) is 0 Å². The van der Waals surface area contributed by atoms with E-state index in [1.807, 2.05) is 13.8 Å². The van der Waals surface area contributed by atoms with Crippen LogP contribution in [-0.4, -0.2) is 56.4 Å². The molecular formula is C9H15NaO6S. The number of ether oxygens (including phenoxy) is 1. The number of aliphatic hydroxyl groups excluding tert-OH is 3. The van der Waals surface area contributed by atoms with Crippen molar-refractivity contribution in [1.82, 2.24) is 0 Å². The molecule has 5 atom stereocenters. The molecule has 0 aromatic carbocycles. The average Bonchev–Trinajstić information content (AvgIpc) is 2.18. The quantitative estimate of drug-likeness (QED) is 0.441. The summed E-state index contributed by atoms with van der Waals surface area (Å²) in [6.45, 7) is 3.68. The molecule has 1 heterocycles. The van der Waals surface area contributed by atoms with Gasteiger partial charge in [-0.3, -0.25) is 0 Å². The van der Waals surface area contributed by atoms with Crippen molar-refractivity contribution in [3.05, 3.63) is 0 Å². The minimum Gasteiger partial charge on any atom is -0.547 e. The molecule has 1 saturated heterocycles. The van der Waals surface area contributed by atoms with E-state index in [-0.39, 0.29) is 34.8 Å². The molecule has 1 fully saturated rings. The standard InChI is InChI=1S/C9H16O6S.Na/c1-3(2)16-9-6(12)4(10)5(11)7(15-9)8(13)14;/h3-7,9-12H,1-2H3,(H,13,14);/q;+1/p-1/t4-,5-,6+,7-,9?;/m0./s1. The van der Waals surface area contributed by atoms with Gasteiger partial charge in [-0.2, -0.15) is 0 Å². The summed E-state index contributed by atoms with van der Waals surface area (Å²) in [6, 6.07) is 0. The summed E-state index contributed by atoms with van der Waals surface area (Å²) < 4.78 is 4.99. The third kappa shape index (κ3) is 4.36.